The zero-order valence-electron chi connectivity index (χ0n) is 9.82. The highest BCUT2D eigenvalue weighted by Gasteiger charge is 2.34. The third-order valence-electron chi connectivity index (χ3n) is 3.34. The SMILES string of the molecule is CC1CN(C(=O)[C@H]2CCC(=O)N2)C(C)CN1. The summed E-state index contributed by atoms with van der Waals surface area (Å²) < 4.78 is 0. The van der Waals surface area contributed by atoms with Gasteiger partial charge in [0.2, 0.25) is 11.8 Å². The van der Waals surface area contributed by atoms with Crippen LogP contribution in [-0.4, -0.2) is 47.9 Å². The lowest BCUT2D eigenvalue weighted by Gasteiger charge is -2.38. The van der Waals surface area contributed by atoms with Crippen LogP contribution in [0.5, 0.6) is 0 Å². The average molecular weight is 225 g/mol. The highest BCUT2D eigenvalue weighted by Crippen LogP contribution is 2.14. The third-order valence-corrected chi connectivity index (χ3v) is 3.34. The van der Waals surface area contributed by atoms with Gasteiger partial charge in [0, 0.05) is 31.6 Å². The maximum atomic E-state index is 12.2. The van der Waals surface area contributed by atoms with Crippen LogP contribution in [0.25, 0.3) is 0 Å². The van der Waals surface area contributed by atoms with Gasteiger partial charge in [-0.2, -0.15) is 0 Å². The summed E-state index contributed by atoms with van der Waals surface area (Å²) in [6.07, 6.45) is 1.12. The first kappa shape index (κ1) is 11.4. The van der Waals surface area contributed by atoms with Gasteiger partial charge in [0.15, 0.2) is 0 Å². The lowest BCUT2D eigenvalue weighted by molar-refractivity contribution is -0.137. The van der Waals surface area contributed by atoms with E-state index in [2.05, 4.69) is 17.6 Å². The van der Waals surface area contributed by atoms with E-state index >= 15 is 0 Å². The summed E-state index contributed by atoms with van der Waals surface area (Å²) in [4.78, 5) is 25.2. The Morgan fingerprint density at radius 1 is 1.44 bits per heavy atom. The van der Waals surface area contributed by atoms with Gasteiger partial charge < -0.3 is 15.5 Å². The van der Waals surface area contributed by atoms with Crippen LogP contribution in [0.1, 0.15) is 26.7 Å². The van der Waals surface area contributed by atoms with Gasteiger partial charge in [-0.3, -0.25) is 9.59 Å². The first-order valence-electron chi connectivity index (χ1n) is 5.91. The van der Waals surface area contributed by atoms with Gasteiger partial charge in [0.05, 0.1) is 0 Å². The molecular weight excluding hydrogens is 206 g/mol. The summed E-state index contributed by atoms with van der Waals surface area (Å²) >= 11 is 0. The number of rotatable bonds is 1. The van der Waals surface area contributed by atoms with Crippen molar-refractivity contribution in [1.82, 2.24) is 15.5 Å². The molecule has 2 heterocycles. The predicted octanol–water partition coefficient (Wildman–Crippen LogP) is -0.526. The molecule has 90 valence electrons. The molecule has 2 aliphatic heterocycles. The number of nitrogens with zero attached hydrogens (tertiary/aromatic N) is 1. The molecule has 0 bridgehead atoms. The molecule has 2 N–H and O–H groups in total. The van der Waals surface area contributed by atoms with Crippen molar-refractivity contribution >= 4 is 11.8 Å². The summed E-state index contributed by atoms with van der Waals surface area (Å²) in [7, 11) is 0. The van der Waals surface area contributed by atoms with Gasteiger partial charge >= 0.3 is 0 Å². The number of carbonyl (C=O) groups is 2. The molecule has 0 aromatic rings. The smallest absolute Gasteiger partial charge is 0.245 e. The standard InChI is InChI=1S/C11H19N3O2/c1-7-6-14(8(2)5-12-7)11(16)9-3-4-10(15)13-9/h7-9,12H,3-6H2,1-2H3,(H,13,15)/t7?,8?,9-/m1/s1. The molecule has 0 aliphatic carbocycles. The molecule has 2 fully saturated rings. The molecule has 0 aromatic carbocycles. The average Bonchev–Trinajstić information content (AvgIpc) is 2.67. The van der Waals surface area contributed by atoms with E-state index in [0.29, 0.717) is 18.9 Å². The summed E-state index contributed by atoms with van der Waals surface area (Å²) in [6.45, 7) is 5.66. The predicted molar refractivity (Wildman–Crippen MR) is 59.8 cm³/mol. The number of amides is 2. The minimum atomic E-state index is -0.291. The van der Waals surface area contributed by atoms with Gasteiger partial charge in [-0.15, -0.1) is 0 Å². The molecule has 0 aromatic heterocycles. The molecule has 2 rings (SSSR count). The normalized spacial score (nSPS) is 35.0. The third kappa shape index (κ3) is 2.19. The monoisotopic (exact) mass is 225 g/mol. The highest BCUT2D eigenvalue weighted by molar-refractivity contribution is 5.91. The largest absolute Gasteiger partial charge is 0.344 e. The molecular formula is C11H19N3O2. The van der Waals surface area contributed by atoms with Crippen molar-refractivity contribution in [3.8, 4) is 0 Å². The van der Waals surface area contributed by atoms with E-state index in [4.69, 9.17) is 0 Å². The minimum Gasteiger partial charge on any atom is -0.344 e. The quantitative estimate of drug-likeness (QED) is 0.631. The lowest BCUT2D eigenvalue weighted by atomic mass is 10.1. The Balaban J connectivity index is 2.00. The van der Waals surface area contributed by atoms with Crippen molar-refractivity contribution in [2.75, 3.05) is 13.1 Å². The maximum absolute atomic E-state index is 12.2. The first-order valence-corrected chi connectivity index (χ1v) is 5.91. The fourth-order valence-electron chi connectivity index (χ4n) is 2.33. The van der Waals surface area contributed by atoms with E-state index in [-0.39, 0.29) is 23.9 Å². The van der Waals surface area contributed by atoms with Crippen LogP contribution in [0.3, 0.4) is 0 Å². The number of hydrogen-bond donors (Lipinski definition) is 2. The topological polar surface area (TPSA) is 61.4 Å². The van der Waals surface area contributed by atoms with E-state index < -0.39 is 0 Å². The number of hydrogen-bond acceptors (Lipinski definition) is 3. The first-order chi connectivity index (χ1) is 7.58. The molecule has 3 atom stereocenters. The maximum Gasteiger partial charge on any atom is 0.245 e. The van der Waals surface area contributed by atoms with E-state index in [1.54, 1.807) is 0 Å². The van der Waals surface area contributed by atoms with E-state index in [1.807, 2.05) is 11.8 Å². The molecule has 2 amide bonds. The van der Waals surface area contributed by atoms with Crippen LogP contribution in [0, 0.1) is 0 Å². The minimum absolute atomic E-state index is 0.00538. The second-order valence-corrected chi connectivity index (χ2v) is 4.81. The zero-order valence-corrected chi connectivity index (χ0v) is 9.82. The summed E-state index contributed by atoms with van der Waals surface area (Å²) in [5.74, 6) is 0.0703. The van der Waals surface area contributed by atoms with Crippen molar-refractivity contribution in [3.05, 3.63) is 0 Å². The Morgan fingerprint density at radius 3 is 2.81 bits per heavy atom. The van der Waals surface area contributed by atoms with Crippen molar-refractivity contribution in [2.45, 2.75) is 44.8 Å². The van der Waals surface area contributed by atoms with Crippen LogP contribution in [0.4, 0.5) is 0 Å². The second-order valence-electron chi connectivity index (χ2n) is 4.81. The Labute approximate surface area is 95.6 Å². The van der Waals surface area contributed by atoms with Gasteiger partial charge in [-0.25, -0.2) is 0 Å². The van der Waals surface area contributed by atoms with Crippen LogP contribution in [0.2, 0.25) is 0 Å². The summed E-state index contributed by atoms with van der Waals surface area (Å²) in [5, 5.41) is 6.07. The van der Waals surface area contributed by atoms with Crippen molar-refractivity contribution in [1.29, 1.82) is 0 Å². The van der Waals surface area contributed by atoms with E-state index in [0.717, 1.165) is 13.1 Å². The fourth-order valence-corrected chi connectivity index (χ4v) is 2.33. The zero-order chi connectivity index (χ0) is 11.7. The molecule has 16 heavy (non-hydrogen) atoms. The van der Waals surface area contributed by atoms with Gasteiger partial charge in [0.25, 0.3) is 0 Å². The molecule has 0 spiro atoms. The molecule has 5 heteroatoms. The molecule has 0 radical (unpaired) electrons. The van der Waals surface area contributed by atoms with Crippen molar-refractivity contribution < 1.29 is 9.59 Å². The van der Waals surface area contributed by atoms with Gasteiger partial charge in [0.1, 0.15) is 6.04 Å². The second kappa shape index (κ2) is 4.41. The van der Waals surface area contributed by atoms with Gasteiger partial charge in [-0.1, -0.05) is 0 Å². The van der Waals surface area contributed by atoms with E-state index in [9.17, 15) is 9.59 Å². The van der Waals surface area contributed by atoms with Crippen LogP contribution in [0.15, 0.2) is 0 Å². The Hall–Kier alpha value is -1.10. The number of nitrogens with one attached hydrogen (secondary N) is 2. The number of carbonyl (C=O) groups excluding carboxylic acids is 2. The molecule has 2 unspecified atom stereocenters. The molecule has 2 aliphatic rings. The van der Waals surface area contributed by atoms with Crippen LogP contribution in [-0.2, 0) is 9.59 Å². The molecule has 0 saturated carbocycles. The Kier molecular flexibility index (Phi) is 3.14. The summed E-state index contributed by atoms with van der Waals surface area (Å²) in [6, 6.07) is 0.249. The van der Waals surface area contributed by atoms with E-state index in [1.165, 1.54) is 0 Å². The van der Waals surface area contributed by atoms with Crippen molar-refractivity contribution in [3.63, 3.8) is 0 Å². The van der Waals surface area contributed by atoms with Crippen molar-refractivity contribution in [2.24, 2.45) is 0 Å². The fraction of sp³-hybridized carbons (Fsp3) is 0.818. The summed E-state index contributed by atoms with van der Waals surface area (Å²) in [5.41, 5.74) is 0. The lowest BCUT2D eigenvalue weighted by Crippen LogP contribution is -2.59. The highest BCUT2D eigenvalue weighted by atomic mass is 16.2. The Morgan fingerprint density at radius 2 is 2.19 bits per heavy atom. The molecule has 2 saturated heterocycles. The number of piperazine rings is 1. The van der Waals surface area contributed by atoms with Crippen LogP contribution < -0.4 is 10.6 Å². The van der Waals surface area contributed by atoms with Crippen LogP contribution >= 0.6 is 0 Å². The molecule has 5 nitrogen and oxygen atoms in total. The van der Waals surface area contributed by atoms with Gasteiger partial charge in [-0.05, 0) is 20.3 Å². The Bertz CT molecular complexity index is 306.